The van der Waals surface area contributed by atoms with E-state index < -0.39 is 20.9 Å². The fraction of sp³-hybridized carbons (Fsp3) is 0.600. The van der Waals surface area contributed by atoms with Gasteiger partial charge in [-0.15, -0.1) is 0 Å². The number of rotatable bonds is 25. The van der Waals surface area contributed by atoms with Crippen molar-refractivity contribution >= 4 is 37.7 Å². The van der Waals surface area contributed by atoms with Crippen LogP contribution >= 0.6 is 0 Å². The molecule has 2 aromatic rings. The minimum atomic E-state index is -2.71. The van der Waals surface area contributed by atoms with E-state index in [1.165, 1.54) is 19.3 Å². The summed E-state index contributed by atoms with van der Waals surface area (Å²) >= 11 is 0. The van der Waals surface area contributed by atoms with Crippen molar-refractivity contribution in [2.75, 3.05) is 39.6 Å². The maximum absolute atomic E-state index is 12.0. The van der Waals surface area contributed by atoms with Crippen LogP contribution in [0.15, 0.2) is 42.0 Å². The number of hydrogen-bond donors (Lipinski definition) is 2. The van der Waals surface area contributed by atoms with Gasteiger partial charge in [-0.1, -0.05) is 57.2 Å². The van der Waals surface area contributed by atoms with Crippen molar-refractivity contribution in [1.82, 2.24) is 5.32 Å². The number of unbranched alkanes of at least 4 members (excludes halogenated alkanes) is 6. The highest BCUT2D eigenvalue weighted by Gasteiger charge is 2.39. The summed E-state index contributed by atoms with van der Waals surface area (Å²) in [5.41, 5.74) is 1.26. The minimum Gasteiger partial charge on any atom is -0.494 e. The van der Waals surface area contributed by atoms with Crippen LogP contribution in [0.1, 0.15) is 97.5 Å². The van der Waals surface area contributed by atoms with Gasteiger partial charge in [-0.05, 0) is 93.5 Å². The first-order valence-electron chi connectivity index (χ1n) is 16.8. The van der Waals surface area contributed by atoms with E-state index in [1.807, 2.05) is 57.2 Å². The molecule has 0 spiro atoms. The molecule has 10 heteroatoms. The van der Waals surface area contributed by atoms with Crippen molar-refractivity contribution in [3.63, 3.8) is 0 Å². The Kier molecular flexibility index (Phi) is 19.2. The smallest absolute Gasteiger partial charge is 0.494 e. The third-order valence-electron chi connectivity index (χ3n) is 7.31. The highest BCUT2D eigenvalue weighted by molar-refractivity contribution is 6.60. The summed E-state index contributed by atoms with van der Waals surface area (Å²) in [5.74, 6) is -0.0355. The number of alkyl carbamates (subject to hydrolysis) is 1. The van der Waals surface area contributed by atoms with Gasteiger partial charge in [0.1, 0.15) is 5.75 Å². The third-order valence-corrected chi connectivity index (χ3v) is 10.5. The van der Waals surface area contributed by atoms with Crippen LogP contribution in [0.4, 0.5) is 4.79 Å². The summed E-state index contributed by atoms with van der Waals surface area (Å²) in [5, 5.41) is 14.7. The van der Waals surface area contributed by atoms with Crippen LogP contribution in [0.25, 0.3) is 16.8 Å². The number of carboxylic acid groups (broad SMARTS) is 1. The molecular formula is C35H55NO8Si. The zero-order chi connectivity index (χ0) is 32.8. The van der Waals surface area contributed by atoms with Crippen LogP contribution in [0, 0.1) is 0 Å². The normalized spacial score (nSPS) is 12.0. The number of carboxylic acids is 1. The summed E-state index contributed by atoms with van der Waals surface area (Å²) in [4.78, 5) is 24.0. The molecule has 0 radical (unpaired) electrons. The average Bonchev–Trinajstić information content (AvgIpc) is 3.02. The molecule has 2 rings (SSSR count). The summed E-state index contributed by atoms with van der Waals surface area (Å²) in [6.45, 7) is 11.0. The van der Waals surface area contributed by atoms with E-state index in [1.54, 1.807) is 6.08 Å². The molecule has 0 aliphatic heterocycles. The lowest BCUT2D eigenvalue weighted by atomic mass is 10.0. The van der Waals surface area contributed by atoms with E-state index >= 15 is 0 Å². The lowest BCUT2D eigenvalue weighted by molar-refractivity contribution is -0.132. The fourth-order valence-corrected chi connectivity index (χ4v) is 7.68. The van der Waals surface area contributed by atoms with Crippen molar-refractivity contribution in [2.45, 2.75) is 97.9 Å². The Morgan fingerprint density at radius 1 is 0.778 bits per heavy atom. The van der Waals surface area contributed by atoms with Gasteiger partial charge in [-0.2, -0.15) is 0 Å². The maximum atomic E-state index is 12.0. The Bertz CT molecular complexity index is 1150. The molecule has 2 aromatic carbocycles. The maximum Gasteiger partial charge on any atom is 0.500 e. The Balaban J connectivity index is 1.69. The first-order chi connectivity index (χ1) is 21.9. The molecule has 45 heavy (non-hydrogen) atoms. The quantitative estimate of drug-likeness (QED) is 0.0629. The Morgan fingerprint density at radius 3 is 2.11 bits per heavy atom. The first-order valence-corrected chi connectivity index (χ1v) is 18.7. The van der Waals surface area contributed by atoms with Gasteiger partial charge in [-0.25, -0.2) is 9.59 Å². The molecule has 0 unspecified atom stereocenters. The predicted molar refractivity (Wildman–Crippen MR) is 182 cm³/mol. The van der Waals surface area contributed by atoms with E-state index in [4.69, 9.17) is 22.8 Å². The number of aliphatic carboxylic acids is 1. The Morgan fingerprint density at radius 2 is 1.42 bits per heavy atom. The van der Waals surface area contributed by atoms with E-state index in [9.17, 15) is 14.7 Å². The van der Waals surface area contributed by atoms with E-state index in [0.717, 1.165) is 60.8 Å². The Hall–Kier alpha value is -2.92. The summed E-state index contributed by atoms with van der Waals surface area (Å²) < 4.78 is 28.7. The van der Waals surface area contributed by atoms with E-state index in [2.05, 4.69) is 12.2 Å². The third kappa shape index (κ3) is 15.3. The van der Waals surface area contributed by atoms with E-state index in [0.29, 0.717) is 57.4 Å². The molecule has 0 aliphatic rings. The molecule has 0 aliphatic carbocycles. The molecule has 0 saturated heterocycles. The lowest BCUT2D eigenvalue weighted by Gasteiger charge is -2.28. The van der Waals surface area contributed by atoms with Gasteiger partial charge < -0.3 is 33.2 Å². The zero-order valence-corrected chi connectivity index (χ0v) is 28.9. The largest absolute Gasteiger partial charge is 0.500 e. The van der Waals surface area contributed by atoms with Crippen molar-refractivity contribution in [3.8, 4) is 5.75 Å². The number of carbonyl (C=O) groups is 2. The molecule has 9 nitrogen and oxygen atoms in total. The van der Waals surface area contributed by atoms with Crippen molar-refractivity contribution in [3.05, 3.63) is 47.5 Å². The van der Waals surface area contributed by atoms with Gasteiger partial charge in [0.15, 0.2) is 0 Å². The molecule has 1 amide bonds. The average molecular weight is 646 g/mol. The number of nitrogens with one attached hydrogen (secondary N) is 1. The highest BCUT2D eigenvalue weighted by atomic mass is 28.4. The molecule has 0 heterocycles. The molecule has 0 atom stereocenters. The zero-order valence-electron chi connectivity index (χ0n) is 27.9. The van der Waals surface area contributed by atoms with E-state index in [-0.39, 0.29) is 0 Å². The van der Waals surface area contributed by atoms with Crippen molar-refractivity contribution in [2.24, 2.45) is 0 Å². The molecule has 2 N–H and O–H groups in total. The predicted octanol–water partition coefficient (Wildman–Crippen LogP) is 8.38. The molecule has 0 saturated carbocycles. The molecule has 0 fully saturated rings. The van der Waals surface area contributed by atoms with Gasteiger partial charge in [0.05, 0.1) is 13.2 Å². The minimum absolute atomic E-state index is 0.325. The lowest BCUT2D eigenvalue weighted by Crippen LogP contribution is -2.46. The Labute approximate surface area is 271 Å². The van der Waals surface area contributed by atoms with Gasteiger partial charge in [-0.3, -0.25) is 0 Å². The number of carbonyl (C=O) groups excluding carboxylic acids is 1. The molecular weight excluding hydrogens is 590 g/mol. The van der Waals surface area contributed by atoms with Crippen LogP contribution in [0.2, 0.25) is 6.04 Å². The van der Waals surface area contributed by atoms with Gasteiger partial charge in [0.25, 0.3) is 0 Å². The standard InChI is InChI=1S/C35H55NO8Si/c1-5-9-10-14-23-40-33-21-20-30-26-29(18-19-31(30)28-33)27-32(34(37)38)17-13-11-12-15-24-41-35(39)36-22-16-25-45(42-6-2,43-7-3)44-8-4/h18-21,26-28H,5-17,22-25H2,1-4H3,(H,36,39)(H,37,38)/b32-27+. The summed E-state index contributed by atoms with van der Waals surface area (Å²) in [6.07, 6.45) is 10.3. The van der Waals surface area contributed by atoms with Crippen molar-refractivity contribution < 1.29 is 37.4 Å². The number of benzene rings is 2. The second-order valence-electron chi connectivity index (χ2n) is 11.0. The molecule has 252 valence electrons. The van der Waals surface area contributed by atoms with Crippen LogP contribution < -0.4 is 10.1 Å². The number of fused-ring (bicyclic) bond motifs is 1. The van der Waals surface area contributed by atoms with Crippen LogP contribution in [0.3, 0.4) is 0 Å². The van der Waals surface area contributed by atoms with Gasteiger partial charge in [0.2, 0.25) is 0 Å². The summed E-state index contributed by atoms with van der Waals surface area (Å²) in [6, 6.07) is 12.6. The van der Waals surface area contributed by atoms with Gasteiger partial charge >= 0.3 is 20.9 Å². The monoisotopic (exact) mass is 645 g/mol. The number of hydrogen-bond acceptors (Lipinski definition) is 7. The topological polar surface area (TPSA) is 113 Å². The summed E-state index contributed by atoms with van der Waals surface area (Å²) in [7, 11) is -2.71. The molecule has 0 aromatic heterocycles. The first kappa shape index (κ1) is 38.3. The second-order valence-corrected chi connectivity index (χ2v) is 13.7. The fourth-order valence-electron chi connectivity index (χ4n) is 5.07. The van der Waals surface area contributed by atoms with Crippen LogP contribution in [-0.4, -0.2) is 65.6 Å². The van der Waals surface area contributed by atoms with Crippen molar-refractivity contribution in [1.29, 1.82) is 0 Å². The van der Waals surface area contributed by atoms with Crippen LogP contribution in [-0.2, 0) is 22.8 Å². The number of amides is 1. The second kappa shape index (κ2) is 22.6. The molecule has 0 bridgehead atoms. The highest BCUT2D eigenvalue weighted by Crippen LogP contribution is 2.24. The number of ether oxygens (including phenoxy) is 2. The van der Waals surface area contributed by atoms with Gasteiger partial charge in [0, 0.05) is 38.0 Å². The van der Waals surface area contributed by atoms with Crippen LogP contribution in [0.5, 0.6) is 5.75 Å². The SMILES string of the molecule is CCCCCCOc1ccc2cc(/C=C(\CCCCCCOC(=O)NCCC[Si](OCC)(OCC)OCC)C(=O)O)ccc2c1.